The summed E-state index contributed by atoms with van der Waals surface area (Å²) < 4.78 is 5.22. The highest BCUT2D eigenvalue weighted by molar-refractivity contribution is 5.29. The lowest BCUT2D eigenvalue weighted by atomic mass is 10.0. The van der Waals surface area contributed by atoms with Crippen LogP contribution in [-0.4, -0.2) is 31.6 Å². The van der Waals surface area contributed by atoms with E-state index < -0.39 is 0 Å². The van der Waals surface area contributed by atoms with Crippen LogP contribution < -0.4 is 10.5 Å². The molecule has 1 unspecified atom stereocenters. The Kier molecular flexibility index (Phi) is 5.02. The number of hydrogen-bond donors (Lipinski definition) is 1. The Labute approximate surface area is 110 Å². The van der Waals surface area contributed by atoms with Crippen LogP contribution >= 0.6 is 0 Å². The van der Waals surface area contributed by atoms with Crippen molar-refractivity contribution in [3.63, 3.8) is 0 Å². The van der Waals surface area contributed by atoms with Gasteiger partial charge in [-0.25, -0.2) is 0 Å². The van der Waals surface area contributed by atoms with Crippen molar-refractivity contribution in [1.82, 2.24) is 4.90 Å². The fraction of sp³-hybridized carbons (Fsp3) is 0.600. The standard InChI is InChI=1S/C15H24N2O/c1-18-14-8-6-13(7-9-14)15(5-4-10-16)17-11-2-3-12-17/h6-9,15H,2-5,10-12,16H2,1H3. The number of nitrogens with two attached hydrogens (primary N) is 1. The van der Waals surface area contributed by atoms with Crippen LogP contribution in [0.15, 0.2) is 24.3 Å². The smallest absolute Gasteiger partial charge is 0.118 e. The highest BCUT2D eigenvalue weighted by atomic mass is 16.5. The molecule has 0 aromatic heterocycles. The lowest BCUT2D eigenvalue weighted by Gasteiger charge is -2.28. The molecular weight excluding hydrogens is 224 g/mol. The molecule has 1 aliphatic rings. The first kappa shape index (κ1) is 13.4. The van der Waals surface area contributed by atoms with Gasteiger partial charge in [-0.3, -0.25) is 4.90 Å². The zero-order valence-corrected chi connectivity index (χ0v) is 11.3. The average Bonchev–Trinajstić information content (AvgIpc) is 2.94. The Hall–Kier alpha value is -1.06. The van der Waals surface area contributed by atoms with Crippen molar-refractivity contribution in [2.45, 2.75) is 31.7 Å². The number of rotatable bonds is 6. The first-order chi connectivity index (χ1) is 8.85. The van der Waals surface area contributed by atoms with Gasteiger partial charge in [-0.2, -0.15) is 0 Å². The van der Waals surface area contributed by atoms with Crippen molar-refractivity contribution in [2.24, 2.45) is 5.73 Å². The molecule has 2 rings (SSSR count). The monoisotopic (exact) mass is 248 g/mol. The molecule has 0 saturated carbocycles. The number of methoxy groups -OCH3 is 1. The summed E-state index contributed by atoms with van der Waals surface area (Å²) >= 11 is 0. The molecule has 1 aromatic rings. The molecule has 0 spiro atoms. The minimum atomic E-state index is 0.530. The zero-order valence-electron chi connectivity index (χ0n) is 11.3. The van der Waals surface area contributed by atoms with Crippen LogP contribution in [0.4, 0.5) is 0 Å². The van der Waals surface area contributed by atoms with Crippen molar-refractivity contribution < 1.29 is 4.74 Å². The predicted molar refractivity (Wildman–Crippen MR) is 74.8 cm³/mol. The second-order valence-corrected chi connectivity index (χ2v) is 4.96. The maximum absolute atomic E-state index is 5.66. The summed E-state index contributed by atoms with van der Waals surface area (Å²) in [5.41, 5.74) is 7.06. The largest absolute Gasteiger partial charge is 0.497 e. The van der Waals surface area contributed by atoms with Gasteiger partial charge < -0.3 is 10.5 Å². The first-order valence-electron chi connectivity index (χ1n) is 6.93. The van der Waals surface area contributed by atoms with E-state index in [9.17, 15) is 0 Å². The van der Waals surface area contributed by atoms with E-state index in [2.05, 4.69) is 29.2 Å². The molecule has 1 aliphatic heterocycles. The van der Waals surface area contributed by atoms with Crippen molar-refractivity contribution >= 4 is 0 Å². The second-order valence-electron chi connectivity index (χ2n) is 4.96. The summed E-state index contributed by atoms with van der Waals surface area (Å²) in [6, 6.07) is 9.03. The van der Waals surface area contributed by atoms with Gasteiger partial charge in [-0.1, -0.05) is 12.1 Å². The number of hydrogen-bond acceptors (Lipinski definition) is 3. The van der Waals surface area contributed by atoms with Gasteiger partial charge in [0.2, 0.25) is 0 Å². The van der Waals surface area contributed by atoms with Crippen LogP contribution in [0, 0.1) is 0 Å². The number of likely N-dealkylation sites (tertiary alicyclic amines) is 1. The van der Waals surface area contributed by atoms with E-state index in [4.69, 9.17) is 10.5 Å². The van der Waals surface area contributed by atoms with E-state index in [1.807, 2.05) is 0 Å². The highest BCUT2D eigenvalue weighted by Gasteiger charge is 2.22. The lowest BCUT2D eigenvalue weighted by molar-refractivity contribution is 0.231. The third-order valence-electron chi connectivity index (χ3n) is 3.76. The van der Waals surface area contributed by atoms with Crippen LogP contribution in [-0.2, 0) is 0 Å². The molecule has 18 heavy (non-hydrogen) atoms. The summed E-state index contributed by atoms with van der Waals surface area (Å²) in [7, 11) is 1.71. The lowest BCUT2D eigenvalue weighted by Crippen LogP contribution is -2.26. The van der Waals surface area contributed by atoms with E-state index >= 15 is 0 Å². The maximum Gasteiger partial charge on any atom is 0.118 e. The molecule has 100 valence electrons. The Morgan fingerprint density at radius 3 is 2.44 bits per heavy atom. The topological polar surface area (TPSA) is 38.5 Å². The molecule has 1 heterocycles. The predicted octanol–water partition coefficient (Wildman–Crippen LogP) is 2.57. The number of benzene rings is 1. The van der Waals surface area contributed by atoms with Crippen molar-refractivity contribution in [1.29, 1.82) is 0 Å². The SMILES string of the molecule is COc1ccc(C(CCCN)N2CCCC2)cc1. The molecular formula is C15H24N2O. The van der Waals surface area contributed by atoms with Crippen LogP contribution in [0.1, 0.15) is 37.3 Å². The second kappa shape index (κ2) is 6.76. The first-order valence-corrected chi connectivity index (χ1v) is 6.93. The van der Waals surface area contributed by atoms with Crippen molar-refractivity contribution in [2.75, 3.05) is 26.7 Å². The van der Waals surface area contributed by atoms with Crippen molar-refractivity contribution in [3.05, 3.63) is 29.8 Å². The highest BCUT2D eigenvalue weighted by Crippen LogP contribution is 2.30. The van der Waals surface area contributed by atoms with Gasteiger partial charge in [0.15, 0.2) is 0 Å². The molecule has 0 aliphatic carbocycles. The average molecular weight is 248 g/mol. The summed E-state index contributed by atoms with van der Waals surface area (Å²) in [4.78, 5) is 2.59. The minimum Gasteiger partial charge on any atom is -0.497 e. The van der Waals surface area contributed by atoms with Crippen molar-refractivity contribution in [3.8, 4) is 5.75 Å². The number of nitrogens with zero attached hydrogens (tertiary/aromatic N) is 1. The minimum absolute atomic E-state index is 0.530. The van der Waals surface area contributed by atoms with Gasteiger partial charge in [-0.15, -0.1) is 0 Å². The molecule has 0 amide bonds. The fourth-order valence-electron chi connectivity index (χ4n) is 2.75. The van der Waals surface area contributed by atoms with Crippen LogP contribution in [0.3, 0.4) is 0 Å². The quantitative estimate of drug-likeness (QED) is 0.841. The van der Waals surface area contributed by atoms with E-state index in [-0.39, 0.29) is 0 Å². The Balaban J connectivity index is 2.10. The van der Waals surface area contributed by atoms with Gasteiger partial charge >= 0.3 is 0 Å². The molecule has 1 fully saturated rings. The van der Waals surface area contributed by atoms with E-state index in [1.54, 1.807) is 7.11 Å². The number of ether oxygens (including phenoxy) is 1. The summed E-state index contributed by atoms with van der Waals surface area (Å²) in [6.07, 6.45) is 4.90. The Morgan fingerprint density at radius 1 is 1.22 bits per heavy atom. The van der Waals surface area contributed by atoms with Gasteiger partial charge in [-0.05, 0) is 63.0 Å². The molecule has 2 N–H and O–H groups in total. The third-order valence-corrected chi connectivity index (χ3v) is 3.76. The normalized spacial score (nSPS) is 17.9. The molecule has 3 heteroatoms. The van der Waals surface area contributed by atoms with E-state index in [0.29, 0.717) is 6.04 Å². The molecule has 1 aromatic carbocycles. The van der Waals surface area contributed by atoms with Crippen LogP contribution in [0.5, 0.6) is 5.75 Å². The van der Waals surface area contributed by atoms with Gasteiger partial charge in [0.25, 0.3) is 0 Å². The molecule has 0 radical (unpaired) electrons. The summed E-state index contributed by atoms with van der Waals surface area (Å²) in [6.45, 7) is 3.23. The molecule has 1 atom stereocenters. The summed E-state index contributed by atoms with van der Waals surface area (Å²) in [5, 5.41) is 0. The van der Waals surface area contributed by atoms with Gasteiger partial charge in [0, 0.05) is 6.04 Å². The zero-order chi connectivity index (χ0) is 12.8. The van der Waals surface area contributed by atoms with E-state index in [1.165, 1.54) is 31.5 Å². The Morgan fingerprint density at radius 2 is 1.89 bits per heavy atom. The van der Waals surface area contributed by atoms with Crippen LogP contribution in [0.2, 0.25) is 0 Å². The van der Waals surface area contributed by atoms with Gasteiger partial charge in [0.05, 0.1) is 7.11 Å². The molecule has 1 saturated heterocycles. The maximum atomic E-state index is 5.66. The molecule has 3 nitrogen and oxygen atoms in total. The third kappa shape index (κ3) is 3.24. The van der Waals surface area contributed by atoms with Crippen LogP contribution in [0.25, 0.3) is 0 Å². The summed E-state index contributed by atoms with van der Waals surface area (Å²) in [5.74, 6) is 0.928. The fourth-order valence-corrected chi connectivity index (χ4v) is 2.75. The van der Waals surface area contributed by atoms with E-state index in [0.717, 1.165) is 25.1 Å². The Bertz CT molecular complexity index is 344. The van der Waals surface area contributed by atoms with Gasteiger partial charge in [0.1, 0.15) is 5.75 Å². The molecule has 0 bridgehead atoms.